The molecule has 14 heteroatoms. The first-order valence-electron chi connectivity index (χ1n) is 25.8. The van der Waals surface area contributed by atoms with Gasteiger partial charge in [-0.1, -0.05) is 82.5 Å². The van der Waals surface area contributed by atoms with E-state index in [-0.39, 0.29) is 53.6 Å². The molecular formula is C56H68BrN7O5S. The van der Waals surface area contributed by atoms with Crippen LogP contribution in [0, 0.1) is 24.2 Å². The lowest BCUT2D eigenvalue weighted by Gasteiger charge is -2.38. The van der Waals surface area contributed by atoms with Gasteiger partial charge >= 0.3 is 0 Å². The van der Waals surface area contributed by atoms with Crippen LogP contribution >= 0.6 is 27.3 Å². The number of aliphatic hydroxyl groups is 1. The van der Waals surface area contributed by atoms with E-state index in [1.54, 1.807) is 11.3 Å². The molecule has 2 saturated heterocycles. The third-order valence-electron chi connectivity index (χ3n) is 16.6. The monoisotopic (exact) mass is 1030 g/mol. The summed E-state index contributed by atoms with van der Waals surface area (Å²) < 4.78 is 3.07. The molecule has 10 rings (SSSR count). The van der Waals surface area contributed by atoms with Crippen molar-refractivity contribution in [3.05, 3.63) is 109 Å². The maximum Gasteiger partial charge on any atom is 0.281 e. The Morgan fingerprint density at radius 1 is 0.929 bits per heavy atom. The van der Waals surface area contributed by atoms with E-state index in [0.29, 0.717) is 17.2 Å². The van der Waals surface area contributed by atoms with E-state index in [4.69, 9.17) is 4.98 Å². The van der Waals surface area contributed by atoms with Crippen LogP contribution in [0.4, 0.5) is 0 Å². The first-order valence-corrected chi connectivity index (χ1v) is 27.5. The molecule has 70 heavy (non-hydrogen) atoms. The Bertz CT molecular complexity index is 2830. The summed E-state index contributed by atoms with van der Waals surface area (Å²) in [6.45, 7) is 12.9. The molecule has 1 spiro atoms. The molecule has 12 nitrogen and oxygen atoms in total. The number of thiazole rings is 1. The number of piperidine rings is 1. The van der Waals surface area contributed by atoms with Gasteiger partial charge in [0.25, 0.3) is 5.56 Å². The normalized spacial score (nSPS) is 23.5. The Kier molecular flexibility index (Phi) is 13.7. The molecule has 0 radical (unpaired) electrons. The smallest absolute Gasteiger partial charge is 0.281 e. The fourth-order valence-corrected chi connectivity index (χ4v) is 14.0. The molecule has 5 aromatic rings. The summed E-state index contributed by atoms with van der Waals surface area (Å²) in [5.41, 5.74) is 8.66. The van der Waals surface area contributed by atoms with Crippen LogP contribution < -0.4 is 16.2 Å². The molecule has 3 aliphatic heterocycles. The highest BCUT2D eigenvalue weighted by molar-refractivity contribution is 9.10. The van der Waals surface area contributed by atoms with Crippen molar-refractivity contribution in [2.75, 3.05) is 26.2 Å². The summed E-state index contributed by atoms with van der Waals surface area (Å²) in [4.78, 5) is 70.2. The Balaban J connectivity index is 0.729. The average molecular weight is 1030 g/mol. The van der Waals surface area contributed by atoms with Gasteiger partial charge in [-0.25, -0.2) is 4.98 Å². The first-order chi connectivity index (χ1) is 33.6. The second kappa shape index (κ2) is 19.7. The SMILES string of the molecule is Cc1ncsc1-c1ccc([C@H](C)NC(=O)[C@@H]2C[C@@H](O)CN2C(=O)[C@@H](NC(=O)C2CCC(CN3CCC(c4ccc5c(c4)C4(CCCCC4)c4nc(=O)c6c(Br)cccc6n4-5)CC3)CC2)C(C)(C)C)cc1. The molecule has 2 aliphatic carbocycles. The van der Waals surface area contributed by atoms with Gasteiger partial charge in [0.05, 0.1) is 50.2 Å². The van der Waals surface area contributed by atoms with Gasteiger partial charge in [-0.3, -0.25) is 23.7 Å². The van der Waals surface area contributed by atoms with Crippen LogP contribution in [0.25, 0.3) is 27.0 Å². The molecule has 3 aromatic carbocycles. The van der Waals surface area contributed by atoms with Crippen LogP contribution in [0.2, 0.25) is 0 Å². The molecule has 0 bridgehead atoms. The van der Waals surface area contributed by atoms with Gasteiger partial charge in [0.2, 0.25) is 17.7 Å². The van der Waals surface area contributed by atoms with E-state index < -0.39 is 23.6 Å². The molecule has 4 atom stereocenters. The van der Waals surface area contributed by atoms with Gasteiger partial charge in [-0.15, -0.1) is 11.3 Å². The van der Waals surface area contributed by atoms with E-state index in [1.165, 1.54) is 28.1 Å². The van der Waals surface area contributed by atoms with Crippen LogP contribution in [0.3, 0.4) is 0 Å². The van der Waals surface area contributed by atoms with Crippen molar-refractivity contribution >= 4 is 55.9 Å². The van der Waals surface area contributed by atoms with Crippen LogP contribution in [0.15, 0.2) is 75.4 Å². The second-order valence-corrected chi connectivity index (χ2v) is 24.0. The summed E-state index contributed by atoms with van der Waals surface area (Å²) in [5, 5.41) is 17.7. The summed E-state index contributed by atoms with van der Waals surface area (Å²) in [7, 11) is 0. The minimum atomic E-state index is -0.850. The number of benzene rings is 3. The van der Waals surface area contributed by atoms with Crippen LogP contribution in [0.5, 0.6) is 0 Å². The van der Waals surface area contributed by atoms with Crippen LogP contribution in [-0.2, 0) is 19.8 Å². The predicted molar refractivity (Wildman–Crippen MR) is 279 cm³/mol. The van der Waals surface area contributed by atoms with Crippen molar-refractivity contribution in [2.45, 2.75) is 147 Å². The van der Waals surface area contributed by atoms with Crippen LogP contribution in [-0.4, -0.2) is 91.5 Å². The van der Waals surface area contributed by atoms with E-state index in [9.17, 15) is 24.3 Å². The molecule has 2 saturated carbocycles. The number of hydrogen-bond donors (Lipinski definition) is 3. The zero-order valence-corrected chi connectivity index (χ0v) is 43.7. The highest BCUT2D eigenvalue weighted by atomic mass is 79.9. The lowest BCUT2D eigenvalue weighted by Crippen LogP contribution is -2.58. The fraction of sp³-hybridized carbons (Fsp3) is 0.536. The molecule has 5 aliphatic rings. The average Bonchev–Trinajstić information content (AvgIpc) is 4.04. The maximum absolute atomic E-state index is 14.4. The Morgan fingerprint density at radius 3 is 2.34 bits per heavy atom. The number of nitrogens with one attached hydrogen (secondary N) is 2. The number of aliphatic hydroxyl groups excluding tert-OH is 1. The number of aryl methyl sites for hydroxylation is 1. The number of β-amino-alcohol motifs (C(OH)–C–C–N with tert-alkyl or cyclic N) is 1. The van der Waals surface area contributed by atoms with Crippen molar-refractivity contribution in [3.63, 3.8) is 0 Å². The minimum Gasteiger partial charge on any atom is -0.391 e. The van der Waals surface area contributed by atoms with Crippen molar-refractivity contribution in [1.29, 1.82) is 0 Å². The number of likely N-dealkylation sites (tertiary alicyclic amines) is 2. The number of aromatic nitrogens is 3. The highest BCUT2D eigenvalue weighted by Crippen LogP contribution is 2.52. The Morgan fingerprint density at radius 2 is 1.66 bits per heavy atom. The predicted octanol–water partition coefficient (Wildman–Crippen LogP) is 9.50. The molecule has 0 unspecified atom stereocenters. The quantitative estimate of drug-likeness (QED) is 0.125. The number of hydrogen-bond acceptors (Lipinski definition) is 9. The van der Waals surface area contributed by atoms with E-state index in [2.05, 4.69) is 65.3 Å². The fourth-order valence-electron chi connectivity index (χ4n) is 12.6. The van der Waals surface area contributed by atoms with E-state index in [1.807, 2.05) is 76.5 Å². The van der Waals surface area contributed by atoms with Gasteiger partial charge in [-0.2, -0.15) is 4.98 Å². The minimum absolute atomic E-state index is 0.0407. The first kappa shape index (κ1) is 48.8. The van der Waals surface area contributed by atoms with Crippen LogP contribution in [0.1, 0.15) is 145 Å². The second-order valence-electron chi connectivity index (χ2n) is 22.2. The number of halogens is 1. The summed E-state index contributed by atoms with van der Waals surface area (Å²) in [6.07, 6.45) is 10.5. The van der Waals surface area contributed by atoms with Gasteiger partial charge in [0.15, 0.2) is 0 Å². The third kappa shape index (κ3) is 9.31. The number of nitrogens with zero attached hydrogens (tertiary/aromatic N) is 5. The van der Waals surface area contributed by atoms with Crippen molar-refractivity contribution in [2.24, 2.45) is 17.3 Å². The number of carbonyl (C=O) groups excluding carboxylic acids is 3. The molecule has 3 amide bonds. The Hall–Kier alpha value is -4.76. The third-order valence-corrected chi connectivity index (χ3v) is 18.3. The maximum atomic E-state index is 14.4. The molecule has 4 fully saturated rings. The lowest BCUT2D eigenvalue weighted by atomic mass is 9.69. The molecule has 3 N–H and O–H groups in total. The molecule has 2 aromatic heterocycles. The topological polar surface area (TPSA) is 150 Å². The molecule has 370 valence electrons. The van der Waals surface area contributed by atoms with Gasteiger partial charge < -0.3 is 25.5 Å². The van der Waals surface area contributed by atoms with Crippen molar-refractivity contribution < 1.29 is 19.5 Å². The summed E-state index contributed by atoms with van der Waals surface area (Å²) in [6, 6.07) is 19.2. The van der Waals surface area contributed by atoms with E-state index in [0.717, 1.165) is 121 Å². The zero-order valence-electron chi connectivity index (χ0n) is 41.3. The van der Waals surface area contributed by atoms with Crippen molar-refractivity contribution in [1.82, 2.24) is 35.0 Å². The van der Waals surface area contributed by atoms with E-state index >= 15 is 0 Å². The largest absolute Gasteiger partial charge is 0.391 e. The number of amides is 3. The number of carbonyl (C=O) groups is 3. The number of fused-ring (bicyclic) bond motifs is 7. The molecule has 5 heterocycles. The Labute approximate surface area is 424 Å². The van der Waals surface area contributed by atoms with Gasteiger partial charge in [-0.05, 0) is 152 Å². The summed E-state index contributed by atoms with van der Waals surface area (Å²) >= 11 is 5.23. The zero-order chi connectivity index (χ0) is 49.1. The lowest BCUT2D eigenvalue weighted by molar-refractivity contribution is -0.145. The van der Waals surface area contributed by atoms with Crippen molar-refractivity contribution in [3.8, 4) is 16.1 Å². The van der Waals surface area contributed by atoms with Gasteiger partial charge in [0, 0.05) is 29.9 Å². The molecular weight excluding hydrogens is 963 g/mol. The standard InChI is InChI=1S/C56H68BrN7O5S/c1-33(36-16-18-38(19-17-36)48-34(2)58-32-70-48)59-51(67)46-29-41(65)31-63(46)53(69)49(55(3,4)5)60-50(66)39-14-12-35(13-15-39)30-62-26-22-37(23-27-62)40-20-21-44-42(28-40)56(24-7-6-8-25-56)54-61-52(68)47-43(57)10-9-11-45(47)64(44)54/h9-11,16-21,28,32-33,35,37,39,41,46,49,65H,6-8,12-15,22-27,29-31H2,1-5H3,(H,59,67)(H,60,66)/t33-,35?,39?,41+,46-,49+/m0/s1. The summed E-state index contributed by atoms with van der Waals surface area (Å²) in [5.74, 6) is 0.983. The van der Waals surface area contributed by atoms with Gasteiger partial charge in [0.1, 0.15) is 17.9 Å². The highest BCUT2D eigenvalue weighted by Gasteiger charge is 2.48. The number of rotatable bonds is 10.